The van der Waals surface area contributed by atoms with E-state index in [4.69, 9.17) is 0 Å². The number of nitrogens with one attached hydrogen (secondary N) is 2. The molecule has 1 fully saturated rings. The predicted octanol–water partition coefficient (Wildman–Crippen LogP) is 2.42. The van der Waals surface area contributed by atoms with Crippen LogP contribution in [0.2, 0.25) is 0 Å². The molecule has 15 heavy (non-hydrogen) atoms. The molecule has 0 unspecified atom stereocenters. The highest BCUT2D eigenvalue weighted by molar-refractivity contribution is 5.07. The Bertz CT molecular complexity index is 300. The SMILES string of the molecule is CC(C)CNCc1cnc(C2CCC2)[nH]1. The topological polar surface area (TPSA) is 40.7 Å². The van der Waals surface area contributed by atoms with Crippen LogP contribution in [0, 0.1) is 5.92 Å². The molecule has 84 valence electrons. The van der Waals surface area contributed by atoms with Crippen LogP contribution in [0.1, 0.15) is 50.5 Å². The van der Waals surface area contributed by atoms with E-state index < -0.39 is 0 Å². The Morgan fingerprint density at radius 3 is 2.93 bits per heavy atom. The summed E-state index contributed by atoms with van der Waals surface area (Å²) in [5, 5.41) is 3.42. The molecule has 1 aromatic heterocycles. The second-order valence-corrected chi connectivity index (χ2v) is 4.95. The van der Waals surface area contributed by atoms with E-state index in [0.717, 1.165) is 13.1 Å². The van der Waals surface area contributed by atoms with Crippen molar-refractivity contribution in [3.8, 4) is 0 Å². The summed E-state index contributed by atoms with van der Waals surface area (Å²) in [6, 6.07) is 0. The Hall–Kier alpha value is -0.830. The third kappa shape index (κ3) is 2.81. The van der Waals surface area contributed by atoms with Crippen molar-refractivity contribution < 1.29 is 0 Å². The first-order valence-electron chi connectivity index (χ1n) is 6.00. The van der Waals surface area contributed by atoms with Gasteiger partial charge in [0.15, 0.2) is 0 Å². The van der Waals surface area contributed by atoms with Crippen molar-refractivity contribution in [2.45, 2.75) is 45.6 Å². The predicted molar refractivity (Wildman–Crippen MR) is 61.7 cm³/mol. The summed E-state index contributed by atoms with van der Waals surface area (Å²) in [5.74, 6) is 2.62. The normalized spacial score (nSPS) is 17.0. The zero-order valence-corrected chi connectivity index (χ0v) is 9.71. The second-order valence-electron chi connectivity index (χ2n) is 4.95. The molecule has 1 heterocycles. The molecule has 0 atom stereocenters. The first-order chi connectivity index (χ1) is 7.25. The number of hydrogen-bond acceptors (Lipinski definition) is 2. The van der Waals surface area contributed by atoms with Gasteiger partial charge in [0.1, 0.15) is 5.82 Å². The molecule has 0 amide bonds. The maximum Gasteiger partial charge on any atom is 0.109 e. The van der Waals surface area contributed by atoms with Gasteiger partial charge in [0.25, 0.3) is 0 Å². The zero-order valence-electron chi connectivity index (χ0n) is 9.71. The fourth-order valence-electron chi connectivity index (χ4n) is 1.85. The molecule has 1 saturated carbocycles. The Kier molecular flexibility index (Phi) is 3.41. The third-order valence-corrected chi connectivity index (χ3v) is 3.01. The number of nitrogens with zero attached hydrogens (tertiary/aromatic N) is 1. The van der Waals surface area contributed by atoms with Gasteiger partial charge in [0.2, 0.25) is 0 Å². The van der Waals surface area contributed by atoms with Crippen LogP contribution in [-0.2, 0) is 6.54 Å². The van der Waals surface area contributed by atoms with Crippen LogP contribution in [0.3, 0.4) is 0 Å². The molecule has 1 aliphatic carbocycles. The molecular formula is C12H21N3. The van der Waals surface area contributed by atoms with Gasteiger partial charge in [0, 0.05) is 24.4 Å². The van der Waals surface area contributed by atoms with Crippen molar-refractivity contribution in [3.63, 3.8) is 0 Å². The van der Waals surface area contributed by atoms with E-state index in [-0.39, 0.29) is 0 Å². The summed E-state index contributed by atoms with van der Waals surface area (Å²) in [5.41, 5.74) is 1.22. The summed E-state index contributed by atoms with van der Waals surface area (Å²) in [7, 11) is 0. The third-order valence-electron chi connectivity index (χ3n) is 3.01. The second kappa shape index (κ2) is 4.79. The van der Waals surface area contributed by atoms with Crippen molar-refractivity contribution in [1.82, 2.24) is 15.3 Å². The molecule has 1 aliphatic rings. The minimum Gasteiger partial charge on any atom is -0.345 e. The molecule has 0 aromatic carbocycles. The maximum absolute atomic E-state index is 4.44. The van der Waals surface area contributed by atoms with Crippen molar-refractivity contribution in [2.75, 3.05) is 6.54 Å². The monoisotopic (exact) mass is 207 g/mol. The van der Waals surface area contributed by atoms with Crippen LogP contribution >= 0.6 is 0 Å². The van der Waals surface area contributed by atoms with Crippen LogP contribution < -0.4 is 5.32 Å². The molecule has 1 aromatic rings. The smallest absolute Gasteiger partial charge is 0.109 e. The molecule has 0 spiro atoms. The molecule has 2 rings (SSSR count). The van der Waals surface area contributed by atoms with Crippen molar-refractivity contribution >= 4 is 0 Å². The quantitative estimate of drug-likeness (QED) is 0.778. The summed E-state index contributed by atoms with van der Waals surface area (Å²) in [6.45, 7) is 6.43. The average molecular weight is 207 g/mol. The van der Waals surface area contributed by atoms with Gasteiger partial charge in [-0.1, -0.05) is 20.3 Å². The van der Waals surface area contributed by atoms with E-state index in [1.165, 1.54) is 30.8 Å². The molecule has 2 N–H and O–H groups in total. The number of aromatic amines is 1. The molecule has 0 aliphatic heterocycles. The zero-order chi connectivity index (χ0) is 10.7. The van der Waals surface area contributed by atoms with Crippen molar-refractivity contribution in [1.29, 1.82) is 0 Å². The minimum absolute atomic E-state index is 0.707. The van der Waals surface area contributed by atoms with Crippen molar-refractivity contribution in [2.24, 2.45) is 5.92 Å². The first kappa shape index (κ1) is 10.7. The maximum atomic E-state index is 4.44. The van der Waals surface area contributed by atoms with Gasteiger partial charge in [0.05, 0.1) is 0 Å². The largest absolute Gasteiger partial charge is 0.345 e. The number of imidazole rings is 1. The summed E-state index contributed by atoms with van der Waals surface area (Å²) in [4.78, 5) is 7.86. The van der Waals surface area contributed by atoms with Gasteiger partial charge in [-0.05, 0) is 25.3 Å². The molecule has 3 nitrogen and oxygen atoms in total. The highest BCUT2D eigenvalue weighted by Gasteiger charge is 2.21. The van der Waals surface area contributed by atoms with Gasteiger partial charge >= 0.3 is 0 Å². The van der Waals surface area contributed by atoms with E-state index in [1.807, 2.05) is 6.20 Å². The summed E-state index contributed by atoms with van der Waals surface area (Å²) >= 11 is 0. The number of H-pyrrole nitrogens is 1. The lowest BCUT2D eigenvalue weighted by atomic mass is 9.85. The van der Waals surface area contributed by atoms with Gasteiger partial charge in [-0.3, -0.25) is 0 Å². The number of rotatable bonds is 5. The molecule has 3 heteroatoms. The lowest BCUT2D eigenvalue weighted by Gasteiger charge is -2.22. The lowest BCUT2D eigenvalue weighted by molar-refractivity contribution is 0.403. The molecule has 0 radical (unpaired) electrons. The minimum atomic E-state index is 0.707. The van der Waals surface area contributed by atoms with E-state index in [2.05, 4.69) is 29.1 Å². The van der Waals surface area contributed by atoms with Crippen LogP contribution in [0.25, 0.3) is 0 Å². The van der Waals surface area contributed by atoms with Gasteiger partial charge in [-0.25, -0.2) is 4.98 Å². The Labute approximate surface area is 91.7 Å². The van der Waals surface area contributed by atoms with E-state index in [9.17, 15) is 0 Å². The van der Waals surface area contributed by atoms with E-state index in [0.29, 0.717) is 11.8 Å². The highest BCUT2D eigenvalue weighted by Crippen LogP contribution is 2.34. The number of hydrogen-bond donors (Lipinski definition) is 2. The van der Waals surface area contributed by atoms with Gasteiger partial charge < -0.3 is 10.3 Å². The standard InChI is InChI=1S/C12H21N3/c1-9(2)6-13-7-11-8-14-12(15-11)10-4-3-5-10/h8-10,13H,3-7H2,1-2H3,(H,14,15). The fraction of sp³-hybridized carbons (Fsp3) is 0.750. The molecule has 0 saturated heterocycles. The van der Waals surface area contributed by atoms with E-state index in [1.54, 1.807) is 0 Å². The molecular weight excluding hydrogens is 186 g/mol. The number of aromatic nitrogens is 2. The Morgan fingerprint density at radius 2 is 2.33 bits per heavy atom. The van der Waals surface area contributed by atoms with Gasteiger partial charge in [-0.2, -0.15) is 0 Å². The molecule has 0 bridgehead atoms. The van der Waals surface area contributed by atoms with E-state index >= 15 is 0 Å². The summed E-state index contributed by atoms with van der Waals surface area (Å²) in [6.07, 6.45) is 5.96. The van der Waals surface area contributed by atoms with Crippen LogP contribution in [0.4, 0.5) is 0 Å². The van der Waals surface area contributed by atoms with Crippen LogP contribution in [-0.4, -0.2) is 16.5 Å². The van der Waals surface area contributed by atoms with Crippen LogP contribution in [0.15, 0.2) is 6.20 Å². The van der Waals surface area contributed by atoms with Crippen molar-refractivity contribution in [3.05, 3.63) is 17.7 Å². The fourth-order valence-corrected chi connectivity index (χ4v) is 1.85. The van der Waals surface area contributed by atoms with Gasteiger partial charge in [-0.15, -0.1) is 0 Å². The Morgan fingerprint density at radius 1 is 1.53 bits per heavy atom. The Balaban J connectivity index is 1.79. The van der Waals surface area contributed by atoms with Crippen LogP contribution in [0.5, 0.6) is 0 Å². The highest BCUT2D eigenvalue weighted by atomic mass is 15.0. The lowest BCUT2D eigenvalue weighted by Crippen LogP contribution is -2.19. The summed E-state index contributed by atoms with van der Waals surface area (Å²) < 4.78 is 0. The average Bonchev–Trinajstić information content (AvgIpc) is 2.49. The first-order valence-corrected chi connectivity index (χ1v) is 6.00.